The third-order valence-electron chi connectivity index (χ3n) is 4.86. The molecule has 1 aliphatic rings. The zero-order valence-corrected chi connectivity index (χ0v) is 16.1. The SMILES string of the molecule is CCCOc1ccc(NC(=O)[C@]2(OC)CCC[C@H](C)C2)cc1C(=O)OC. The number of hydrogen-bond acceptors (Lipinski definition) is 5. The van der Waals surface area contributed by atoms with Gasteiger partial charge in [0.05, 0.1) is 13.7 Å². The van der Waals surface area contributed by atoms with Crippen LogP contribution in [0.15, 0.2) is 18.2 Å². The molecule has 1 N–H and O–H groups in total. The predicted molar refractivity (Wildman–Crippen MR) is 99.6 cm³/mol. The zero-order valence-electron chi connectivity index (χ0n) is 16.1. The van der Waals surface area contributed by atoms with Gasteiger partial charge < -0.3 is 19.5 Å². The fraction of sp³-hybridized carbons (Fsp3) is 0.600. The Kier molecular flexibility index (Phi) is 7.03. The lowest BCUT2D eigenvalue weighted by atomic mass is 9.78. The summed E-state index contributed by atoms with van der Waals surface area (Å²) in [6.07, 6.45) is 4.28. The zero-order chi connectivity index (χ0) is 19.2. The fourth-order valence-corrected chi connectivity index (χ4v) is 3.45. The lowest BCUT2D eigenvalue weighted by Crippen LogP contribution is -2.47. The maximum absolute atomic E-state index is 12.9. The van der Waals surface area contributed by atoms with E-state index >= 15 is 0 Å². The van der Waals surface area contributed by atoms with Gasteiger partial charge in [-0.25, -0.2) is 4.79 Å². The summed E-state index contributed by atoms with van der Waals surface area (Å²) in [5.74, 6) is 0.207. The summed E-state index contributed by atoms with van der Waals surface area (Å²) in [6.45, 7) is 4.62. The first-order chi connectivity index (χ1) is 12.5. The molecule has 144 valence electrons. The van der Waals surface area contributed by atoms with Gasteiger partial charge in [0.25, 0.3) is 5.91 Å². The Morgan fingerprint density at radius 1 is 1.31 bits per heavy atom. The van der Waals surface area contributed by atoms with Crippen LogP contribution in [0.2, 0.25) is 0 Å². The molecule has 6 heteroatoms. The Hall–Kier alpha value is -2.08. The molecule has 26 heavy (non-hydrogen) atoms. The van der Waals surface area contributed by atoms with Crippen LogP contribution < -0.4 is 10.1 Å². The Balaban J connectivity index is 2.22. The van der Waals surface area contributed by atoms with Crippen molar-refractivity contribution < 1.29 is 23.8 Å². The minimum Gasteiger partial charge on any atom is -0.493 e. The van der Waals surface area contributed by atoms with Crippen molar-refractivity contribution in [1.82, 2.24) is 0 Å². The summed E-state index contributed by atoms with van der Waals surface area (Å²) in [7, 11) is 2.90. The van der Waals surface area contributed by atoms with Crippen molar-refractivity contribution in [2.75, 3.05) is 26.1 Å². The molecule has 0 saturated heterocycles. The molecule has 0 aliphatic heterocycles. The van der Waals surface area contributed by atoms with Gasteiger partial charge in [0, 0.05) is 12.8 Å². The van der Waals surface area contributed by atoms with Gasteiger partial charge in [0.2, 0.25) is 0 Å². The van der Waals surface area contributed by atoms with Crippen molar-refractivity contribution in [3.05, 3.63) is 23.8 Å². The molecule has 1 aliphatic carbocycles. The van der Waals surface area contributed by atoms with Gasteiger partial charge in [-0.05, 0) is 49.8 Å². The molecule has 0 heterocycles. The van der Waals surface area contributed by atoms with E-state index in [2.05, 4.69) is 12.2 Å². The number of methoxy groups -OCH3 is 2. The van der Waals surface area contributed by atoms with Crippen LogP contribution in [0.3, 0.4) is 0 Å². The number of benzene rings is 1. The van der Waals surface area contributed by atoms with Crippen molar-refractivity contribution in [3.8, 4) is 5.75 Å². The summed E-state index contributed by atoms with van der Waals surface area (Å²) in [5.41, 5.74) is -0.00311. The van der Waals surface area contributed by atoms with Gasteiger partial charge >= 0.3 is 5.97 Å². The average molecular weight is 363 g/mol. The highest BCUT2D eigenvalue weighted by Gasteiger charge is 2.42. The first-order valence-corrected chi connectivity index (χ1v) is 9.17. The number of carbonyl (C=O) groups is 2. The van der Waals surface area contributed by atoms with E-state index in [1.165, 1.54) is 7.11 Å². The van der Waals surface area contributed by atoms with Crippen molar-refractivity contribution >= 4 is 17.6 Å². The Bertz CT molecular complexity index is 645. The fourth-order valence-electron chi connectivity index (χ4n) is 3.45. The summed E-state index contributed by atoms with van der Waals surface area (Å²) < 4.78 is 16.1. The summed E-state index contributed by atoms with van der Waals surface area (Å²) in [4.78, 5) is 24.9. The van der Waals surface area contributed by atoms with Crippen LogP contribution in [-0.4, -0.2) is 38.3 Å². The molecule has 2 rings (SSSR count). The molecule has 1 aromatic carbocycles. The Labute approximate surface area is 155 Å². The summed E-state index contributed by atoms with van der Waals surface area (Å²) in [5, 5.41) is 2.90. The average Bonchev–Trinajstić information content (AvgIpc) is 2.66. The summed E-state index contributed by atoms with van der Waals surface area (Å²) in [6, 6.07) is 5.00. The number of rotatable bonds is 7. The number of nitrogens with one attached hydrogen (secondary N) is 1. The Morgan fingerprint density at radius 2 is 2.08 bits per heavy atom. The molecule has 0 bridgehead atoms. The molecule has 1 saturated carbocycles. The van der Waals surface area contributed by atoms with E-state index in [4.69, 9.17) is 14.2 Å². The number of carbonyl (C=O) groups excluding carboxylic acids is 2. The van der Waals surface area contributed by atoms with Crippen molar-refractivity contribution in [2.24, 2.45) is 5.92 Å². The van der Waals surface area contributed by atoms with E-state index in [1.807, 2.05) is 6.92 Å². The Morgan fingerprint density at radius 3 is 2.69 bits per heavy atom. The third-order valence-corrected chi connectivity index (χ3v) is 4.86. The normalized spacial score (nSPS) is 22.5. The van der Waals surface area contributed by atoms with E-state index in [-0.39, 0.29) is 5.91 Å². The van der Waals surface area contributed by atoms with Gasteiger partial charge in [-0.15, -0.1) is 0 Å². The maximum atomic E-state index is 12.9. The third kappa shape index (κ3) is 4.55. The van der Waals surface area contributed by atoms with E-state index in [1.54, 1.807) is 25.3 Å². The molecule has 0 unspecified atom stereocenters. The van der Waals surface area contributed by atoms with Crippen molar-refractivity contribution in [1.29, 1.82) is 0 Å². The van der Waals surface area contributed by atoms with E-state index < -0.39 is 11.6 Å². The van der Waals surface area contributed by atoms with Crippen LogP contribution in [0.25, 0.3) is 0 Å². The maximum Gasteiger partial charge on any atom is 0.341 e. The summed E-state index contributed by atoms with van der Waals surface area (Å²) >= 11 is 0. The van der Waals surface area contributed by atoms with Crippen LogP contribution in [0.4, 0.5) is 5.69 Å². The second-order valence-corrected chi connectivity index (χ2v) is 6.91. The molecule has 1 aromatic rings. The van der Waals surface area contributed by atoms with Crippen LogP contribution in [0, 0.1) is 5.92 Å². The molecule has 6 nitrogen and oxygen atoms in total. The van der Waals surface area contributed by atoms with Crippen LogP contribution in [0.1, 0.15) is 56.3 Å². The molecule has 1 fully saturated rings. The van der Waals surface area contributed by atoms with E-state index in [0.717, 1.165) is 19.3 Å². The first kappa shape index (κ1) is 20.2. The lowest BCUT2D eigenvalue weighted by Gasteiger charge is -2.37. The van der Waals surface area contributed by atoms with Gasteiger partial charge in [0.1, 0.15) is 16.9 Å². The highest BCUT2D eigenvalue weighted by Crippen LogP contribution is 2.36. The number of ether oxygens (including phenoxy) is 3. The van der Waals surface area contributed by atoms with E-state index in [9.17, 15) is 9.59 Å². The van der Waals surface area contributed by atoms with Gasteiger partial charge in [-0.3, -0.25) is 4.79 Å². The van der Waals surface area contributed by atoms with Crippen molar-refractivity contribution in [3.63, 3.8) is 0 Å². The second-order valence-electron chi connectivity index (χ2n) is 6.91. The minimum atomic E-state index is -0.819. The second kappa shape index (κ2) is 9.03. The standard InChI is InChI=1S/C20H29NO5/c1-5-11-26-17-9-8-15(12-16(17)18(22)24-3)21-19(23)20(25-4)10-6-7-14(2)13-20/h8-9,12,14H,5-7,10-11,13H2,1-4H3,(H,21,23)/t14-,20-/m0/s1. The number of amides is 1. The molecular weight excluding hydrogens is 334 g/mol. The largest absolute Gasteiger partial charge is 0.493 e. The monoisotopic (exact) mass is 363 g/mol. The molecule has 0 aromatic heterocycles. The molecule has 0 spiro atoms. The first-order valence-electron chi connectivity index (χ1n) is 9.17. The van der Waals surface area contributed by atoms with Crippen LogP contribution in [-0.2, 0) is 14.3 Å². The molecule has 2 atom stereocenters. The number of hydrogen-bond donors (Lipinski definition) is 1. The van der Waals surface area contributed by atoms with Crippen molar-refractivity contribution in [2.45, 2.75) is 51.6 Å². The van der Waals surface area contributed by atoms with E-state index in [0.29, 0.717) is 42.4 Å². The molecular formula is C20H29NO5. The highest BCUT2D eigenvalue weighted by molar-refractivity contribution is 5.99. The smallest absolute Gasteiger partial charge is 0.341 e. The highest BCUT2D eigenvalue weighted by atomic mass is 16.5. The van der Waals surface area contributed by atoms with Gasteiger partial charge in [-0.2, -0.15) is 0 Å². The molecule has 0 radical (unpaired) electrons. The minimum absolute atomic E-state index is 0.176. The topological polar surface area (TPSA) is 73.9 Å². The van der Waals surface area contributed by atoms with Crippen LogP contribution >= 0.6 is 0 Å². The van der Waals surface area contributed by atoms with Crippen LogP contribution in [0.5, 0.6) is 5.75 Å². The number of esters is 1. The van der Waals surface area contributed by atoms with Gasteiger partial charge in [0.15, 0.2) is 0 Å². The number of anilines is 1. The predicted octanol–water partition coefficient (Wildman–Crippen LogP) is 3.80. The molecule has 1 amide bonds. The lowest BCUT2D eigenvalue weighted by molar-refractivity contribution is -0.143. The quantitative estimate of drug-likeness (QED) is 0.746. The van der Waals surface area contributed by atoms with Gasteiger partial charge in [-0.1, -0.05) is 20.3 Å².